The molecule has 0 rings (SSSR count). The standard InChI is InChI=1S/C2H3NO3.Na/c3-1(4)2(5)6;/h(H2,3,4)(H,5,6);/q;+1/p-1. The van der Waals surface area contributed by atoms with Crippen LogP contribution in [0.15, 0.2) is 0 Å². The van der Waals surface area contributed by atoms with Crippen LogP contribution in [0, 0.1) is 0 Å². The fraction of sp³-hybridized carbons (Fsp3) is 0. The molecular formula is C2H2NNaO3. The number of carbonyl (C=O) groups is 2. The molecule has 0 saturated carbocycles. The van der Waals surface area contributed by atoms with Crippen LogP contribution in [0.3, 0.4) is 0 Å². The summed E-state index contributed by atoms with van der Waals surface area (Å²) >= 11 is 0. The van der Waals surface area contributed by atoms with Gasteiger partial charge in [-0.2, -0.15) is 0 Å². The molecule has 7 heavy (non-hydrogen) atoms. The van der Waals surface area contributed by atoms with Crippen molar-refractivity contribution in [3.8, 4) is 0 Å². The monoisotopic (exact) mass is 111 g/mol. The first-order chi connectivity index (χ1) is 2.64. The third kappa shape index (κ3) is 5.94. The number of hydrogen-bond donors (Lipinski definition) is 1. The molecule has 2 N–H and O–H groups in total. The van der Waals surface area contributed by atoms with Crippen molar-refractivity contribution < 1.29 is 44.3 Å². The second-order valence-electron chi connectivity index (χ2n) is 0.652. The number of aliphatic carboxylic acids is 1. The van der Waals surface area contributed by atoms with Gasteiger partial charge in [-0.1, -0.05) is 0 Å². The van der Waals surface area contributed by atoms with Crippen LogP contribution in [-0.4, -0.2) is 11.9 Å². The van der Waals surface area contributed by atoms with E-state index in [9.17, 15) is 4.79 Å². The molecule has 34 valence electrons. The van der Waals surface area contributed by atoms with Crippen LogP contribution < -0.4 is 40.4 Å². The molecule has 0 saturated heterocycles. The van der Waals surface area contributed by atoms with E-state index in [1.807, 2.05) is 0 Å². The Hall–Kier alpha value is -0.0600. The van der Waals surface area contributed by atoms with Gasteiger partial charge in [-0.15, -0.1) is 0 Å². The molecule has 0 heterocycles. The Balaban J connectivity index is 0. The summed E-state index contributed by atoms with van der Waals surface area (Å²) in [6.45, 7) is 0. The smallest absolute Gasteiger partial charge is 0.540 e. The quantitative estimate of drug-likeness (QED) is 0.249. The normalized spacial score (nSPS) is 6.29. The summed E-state index contributed by atoms with van der Waals surface area (Å²) in [4.78, 5) is 18.4. The Bertz CT molecular complexity index is 78.9. The van der Waals surface area contributed by atoms with Crippen LogP contribution in [0.25, 0.3) is 0 Å². The number of carboxylic acid groups (broad SMARTS) is 1. The maximum atomic E-state index is 9.26. The van der Waals surface area contributed by atoms with Crippen LogP contribution in [0.2, 0.25) is 0 Å². The Labute approximate surface area is 62.0 Å². The van der Waals surface area contributed by atoms with Crippen LogP contribution in [0.1, 0.15) is 0 Å². The maximum absolute atomic E-state index is 9.26. The van der Waals surface area contributed by atoms with E-state index in [-0.39, 0.29) is 29.6 Å². The fourth-order valence-electron chi connectivity index (χ4n) is 0. The van der Waals surface area contributed by atoms with Gasteiger partial charge in [-0.25, -0.2) is 0 Å². The average molecular weight is 111 g/mol. The fourth-order valence-corrected chi connectivity index (χ4v) is 0. The van der Waals surface area contributed by atoms with Gasteiger partial charge in [-0.3, -0.25) is 4.79 Å². The van der Waals surface area contributed by atoms with E-state index in [1.165, 1.54) is 0 Å². The van der Waals surface area contributed by atoms with Gasteiger partial charge < -0.3 is 15.6 Å². The van der Waals surface area contributed by atoms with Crippen molar-refractivity contribution in [1.82, 2.24) is 0 Å². The zero-order valence-corrected chi connectivity index (χ0v) is 5.80. The number of primary amides is 1. The average Bonchev–Trinajstić information content (AvgIpc) is 1.36. The Morgan fingerprint density at radius 2 is 1.57 bits per heavy atom. The largest absolute Gasteiger partial charge is 1.00 e. The van der Waals surface area contributed by atoms with Gasteiger partial charge in [0.25, 0.3) is 5.91 Å². The van der Waals surface area contributed by atoms with Crippen molar-refractivity contribution in [3.05, 3.63) is 0 Å². The van der Waals surface area contributed by atoms with Crippen LogP contribution >= 0.6 is 0 Å². The topological polar surface area (TPSA) is 83.2 Å². The number of nitrogens with two attached hydrogens (primary N) is 1. The Morgan fingerprint density at radius 1 is 1.43 bits per heavy atom. The summed E-state index contributed by atoms with van der Waals surface area (Å²) in [5.41, 5.74) is 4.13. The summed E-state index contributed by atoms with van der Waals surface area (Å²) in [5.74, 6) is -3.29. The number of carboxylic acids is 1. The first-order valence-electron chi connectivity index (χ1n) is 1.15. The van der Waals surface area contributed by atoms with E-state index in [1.54, 1.807) is 0 Å². The molecule has 0 aromatic carbocycles. The van der Waals surface area contributed by atoms with Gasteiger partial charge >= 0.3 is 29.6 Å². The van der Waals surface area contributed by atoms with E-state index < -0.39 is 11.9 Å². The van der Waals surface area contributed by atoms with E-state index in [4.69, 9.17) is 9.90 Å². The van der Waals surface area contributed by atoms with Crippen molar-refractivity contribution in [2.45, 2.75) is 0 Å². The number of amides is 1. The van der Waals surface area contributed by atoms with E-state index in [2.05, 4.69) is 5.73 Å². The summed E-state index contributed by atoms with van der Waals surface area (Å²) in [7, 11) is 0. The van der Waals surface area contributed by atoms with Gasteiger partial charge in [0.05, 0.1) is 0 Å². The minimum absolute atomic E-state index is 0. The predicted octanol–water partition coefficient (Wildman–Crippen LogP) is -5.77. The van der Waals surface area contributed by atoms with E-state index >= 15 is 0 Å². The molecule has 0 bridgehead atoms. The summed E-state index contributed by atoms with van der Waals surface area (Å²) in [5, 5.41) is 9.11. The molecule has 1 amide bonds. The van der Waals surface area contributed by atoms with Crippen molar-refractivity contribution in [3.63, 3.8) is 0 Å². The molecule has 0 aromatic rings. The molecule has 0 unspecified atom stereocenters. The third-order valence-electron chi connectivity index (χ3n) is 0.201. The second kappa shape index (κ2) is 4.11. The van der Waals surface area contributed by atoms with E-state index in [0.29, 0.717) is 0 Å². The minimum atomic E-state index is -1.85. The predicted molar refractivity (Wildman–Crippen MR) is 14.2 cm³/mol. The van der Waals surface area contributed by atoms with E-state index in [0.717, 1.165) is 0 Å². The van der Waals surface area contributed by atoms with Crippen molar-refractivity contribution in [2.75, 3.05) is 0 Å². The molecule has 0 radical (unpaired) electrons. The minimum Gasteiger partial charge on any atom is -0.540 e. The zero-order valence-electron chi connectivity index (χ0n) is 3.80. The van der Waals surface area contributed by atoms with Gasteiger partial charge in [-0.05, 0) is 0 Å². The van der Waals surface area contributed by atoms with Crippen molar-refractivity contribution in [1.29, 1.82) is 0 Å². The molecule has 0 aliphatic carbocycles. The molecule has 0 aromatic heterocycles. The number of hydrogen-bond acceptors (Lipinski definition) is 3. The molecule has 5 heteroatoms. The van der Waals surface area contributed by atoms with Crippen LogP contribution in [0.5, 0.6) is 0 Å². The van der Waals surface area contributed by atoms with Gasteiger partial charge in [0.2, 0.25) is 0 Å². The molecule has 0 fully saturated rings. The molecule has 0 atom stereocenters. The molecule has 0 aliphatic rings. The SMILES string of the molecule is NC(=O)C(=O)[O-].[Na+]. The molecule has 0 aliphatic heterocycles. The van der Waals surface area contributed by atoms with Gasteiger partial charge in [0.15, 0.2) is 0 Å². The molecule has 0 spiro atoms. The molecular weight excluding hydrogens is 109 g/mol. The van der Waals surface area contributed by atoms with Crippen molar-refractivity contribution >= 4 is 11.9 Å². The maximum Gasteiger partial charge on any atom is 1.00 e. The van der Waals surface area contributed by atoms with Gasteiger partial charge in [0.1, 0.15) is 5.97 Å². The second-order valence-corrected chi connectivity index (χ2v) is 0.652. The Kier molecular flexibility index (Phi) is 5.89. The molecule has 4 nitrogen and oxygen atoms in total. The summed E-state index contributed by atoms with van der Waals surface area (Å²) < 4.78 is 0. The van der Waals surface area contributed by atoms with Gasteiger partial charge in [0, 0.05) is 0 Å². The van der Waals surface area contributed by atoms with Crippen LogP contribution in [0.4, 0.5) is 0 Å². The number of rotatable bonds is 0. The third-order valence-corrected chi connectivity index (χ3v) is 0.201. The summed E-state index contributed by atoms with van der Waals surface area (Å²) in [6, 6.07) is 0. The number of carbonyl (C=O) groups excluding carboxylic acids is 2. The summed E-state index contributed by atoms with van der Waals surface area (Å²) in [6.07, 6.45) is 0. The van der Waals surface area contributed by atoms with Crippen LogP contribution in [-0.2, 0) is 9.59 Å². The first kappa shape index (κ1) is 10.0. The Morgan fingerprint density at radius 3 is 1.57 bits per heavy atom. The first-order valence-corrected chi connectivity index (χ1v) is 1.15. The zero-order chi connectivity index (χ0) is 5.15. The van der Waals surface area contributed by atoms with Crippen molar-refractivity contribution in [2.24, 2.45) is 5.73 Å².